The number of nitrogens with one attached hydrogen (secondary N) is 1. The number of benzene rings is 1. The third-order valence-corrected chi connectivity index (χ3v) is 3.68. The van der Waals surface area contributed by atoms with Crippen molar-refractivity contribution in [2.45, 2.75) is 65.2 Å². The molecule has 0 radical (unpaired) electrons. The number of rotatable bonds is 11. The van der Waals surface area contributed by atoms with Crippen molar-refractivity contribution in [3.05, 3.63) is 42.0 Å². The molecule has 0 aliphatic carbocycles. The highest BCUT2D eigenvalue weighted by Gasteiger charge is 1.99. The molecule has 0 unspecified atom stereocenters. The van der Waals surface area contributed by atoms with Gasteiger partial charge in [0.05, 0.1) is 5.71 Å². The van der Waals surface area contributed by atoms with Gasteiger partial charge in [0.2, 0.25) is 5.91 Å². The summed E-state index contributed by atoms with van der Waals surface area (Å²) in [6, 6.07) is 10.0. The van der Waals surface area contributed by atoms with Crippen molar-refractivity contribution in [3.63, 3.8) is 0 Å². The van der Waals surface area contributed by atoms with E-state index in [1.54, 1.807) is 0 Å². The fraction of sp³-hybridized carbons (Fsp3) is 0.500. The fourth-order valence-corrected chi connectivity index (χ4v) is 2.27. The number of nitrogens with zero attached hydrogens (tertiary/aromatic N) is 1. The molecule has 0 saturated carbocycles. The second-order valence-corrected chi connectivity index (χ2v) is 5.90. The van der Waals surface area contributed by atoms with Crippen LogP contribution < -0.4 is 5.43 Å². The molecule has 126 valence electrons. The Bertz CT molecular complexity index is 492. The highest BCUT2D eigenvalue weighted by molar-refractivity contribution is 5.96. The van der Waals surface area contributed by atoms with Crippen molar-refractivity contribution in [3.8, 4) is 0 Å². The van der Waals surface area contributed by atoms with Crippen LogP contribution in [0.1, 0.15) is 70.8 Å². The summed E-state index contributed by atoms with van der Waals surface area (Å²) in [6.45, 7) is 4.11. The van der Waals surface area contributed by atoms with E-state index in [0.29, 0.717) is 6.42 Å². The summed E-state index contributed by atoms with van der Waals surface area (Å²) in [5.74, 6) is 0.00557. The van der Waals surface area contributed by atoms with Gasteiger partial charge in [-0.3, -0.25) is 4.79 Å². The lowest BCUT2D eigenvalue weighted by molar-refractivity contribution is -0.121. The van der Waals surface area contributed by atoms with E-state index in [1.165, 1.54) is 32.1 Å². The average Bonchev–Trinajstić information content (AvgIpc) is 2.58. The van der Waals surface area contributed by atoms with Gasteiger partial charge in [0.1, 0.15) is 0 Å². The molecule has 0 fully saturated rings. The molecule has 0 aromatic heterocycles. The van der Waals surface area contributed by atoms with Gasteiger partial charge < -0.3 is 0 Å². The summed E-state index contributed by atoms with van der Waals surface area (Å²) in [5.41, 5.74) is 4.54. The number of unbranched alkanes of at least 4 members (excludes halogenated alkanes) is 6. The standard InChI is InChI=1S/C20H30N2O/c1-3-4-5-6-7-8-12-15-20(23)22-21-18(2)16-17-19-13-10-9-11-14-19/h9-11,13-14,16-17H,3-8,12,15H2,1-2H3,(H,22,23)/b17-16+,21-18-. The Morgan fingerprint density at radius 2 is 1.70 bits per heavy atom. The van der Waals surface area contributed by atoms with E-state index in [2.05, 4.69) is 17.5 Å². The smallest absolute Gasteiger partial charge is 0.240 e. The summed E-state index contributed by atoms with van der Waals surface area (Å²) in [4.78, 5) is 11.7. The molecule has 0 aliphatic heterocycles. The van der Waals surface area contributed by atoms with Crippen LogP contribution in [0.15, 0.2) is 41.5 Å². The van der Waals surface area contributed by atoms with Gasteiger partial charge >= 0.3 is 0 Å². The first-order chi connectivity index (χ1) is 11.2. The molecule has 0 aliphatic rings. The van der Waals surface area contributed by atoms with Crippen molar-refractivity contribution in [1.29, 1.82) is 0 Å². The van der Waals surface area contributed by atoms with Crippen LogP contribution in [0.5, 0.6) is 0 Å². The Labute approximate surface area is 140 Å². The number of carbonyl (C=O) groups is 1. The second kappa shape index (κ2) is 12.6. The van der Waals surface area contributed by atoms with Crippen molar-refractivity contribution in [1.82, 2.24) is 5.43 Å². The van der Waals surface area contributed by atoms with Crippen LogP contribution in [0.3, 0.4) is 0 Å². The van der Waals surface area contributed by atoms with E-state index in [9.17, 15) is 4.79 Å². The zero-order valence-corrected chi connectivity index (χ0v) is 14.6. The zero-order valence-electron chi connectivity index (χ0n) is 14.6. The molecule has 0 atom stereocenters. The predicted molar refractivity (Wildman–Crippen MR) is 99.3 cm³/mol. The van der Waals surface area contributed by atoms with Crippen LogP contribution in [0, 0.1) is 0 Å². The van der Waals surface area contributed by atoms with Crippen LogP contribution >= 0.6 is 0 Å². The van der Waals surface area contributed by atoms with E-state index >= 15 is 0 Å². The minimum atomic E-state index is 0.00557. The van der Waals surface area contributed by atoms with Crippen LogP contribution in [-0.4, -0.2) is 11.6 Å². The van der Waals surface area contributed by atoms with E-state index < -0.39 is 0 Å². The van der Waals surface area contributed by atoms with E-state index in [1.807, 2.05) is 49.4 Å². The van der Waals surface area contributed by atoms with Crippen LogP contribution in [-0.2, 0) is 4.79 Å². The summed E-state index contributed by atoms with van der Waals surface area (Å²) in [7, 11) is 0. The molecule has 0 saturated heterocycles. The summed E-state index contributed by atoms with van der Waals surface area (Å²) >= 11 is 0. The molecular weight excluding hydrogens is 284 g/mol. The SMILES string of the molecule is CCCCCCCCCC(=O)N/N=C(C)\C=C\c1ccccc1. The first-order valence-electron chi connectivity index (χ1n) is 8.78. The second-order valence-electron chi connectivity index (χ2n) is 5.90. The molecular formula is C20H30N2O. The maximum Gasteiger partial charge on any atom is 0.240 e. The Hall–Kier alpha value is -1.90. The molecule has 23 heavy (non-hydrogen) atoms. The molecule has 1 aromatic carbocycles. The van der Waals surface area contributed by atoms with Gasteiger partial charge in [-0.1, -0.05) is 81.9 Å². The quantitative estimate of drug-likeness (QED) is 0.334. The van der Waals surface area contributed by atoms with Crippen molar-refractivity contribution < 1.29 is 4.79 Å². The number of hydrazone groups is 1. The first kappa shape index (κ1) is 19.1. The monoisotopic (exact) mass is 314 g/mol. The molecule has 1 aromatic rings. The van der Waals surface area contributed by atoms with E-state index in [0.717, 1.165) is 24.1 Å². The summed E-state index contributed by atoms with van der Waals surface area (Å²) in [6.07, 6.45) is 13.0. The van der Waals surface area contributed by atoms with Gasteiger partial charge in [0.15, 0.2) is 0 Å². The van der Waals surface area contributed by atoms with Crippen LogP contribution in [0.2, 0.25) is 0 Å². The van der Waals surface area contributed by atoms with Crippen LogP contribution in [0.25, 0.3) is 6.08 Å². The lowest BCUT2D eigenvalue weighted by atomic mass is 10.1. The highest BCUT2D eigenvalue weighted by atomic mass is 16.2. The Morgan fingerprint density at radius 3 is 2.39 bits per heavy atom. The lowest BCUT2D eigenvalue weighted by Gasteiger charge is -2.02. The molecule has 3 heteroatoms. The summed E-state index contributed by atoms with van der Waals surface area (Å²) < 4.78 is 0. The predicted octanol–water partition coefficient (Wildman–Crippen LogP) is 5.33. The van der Waals surface area contributed by atoms with Gasteiger partial charge in [-0.15, -0.1) is 0 Å². The topological polar surface area (TPSA) is 41.5 Å². The normalized spacial score (nSPS) is 11.8. The van der Waals surface area contributed by atoms with Crippen molar-refractivity contribution in [2.24, 2.45) is 5.10 Å². The molecule has 0 heterocycles. The minimum absolute atomic E-state index is 0.00557. The Kier molecular flexibility index (Phi) is 10.5. The average molecular weight is 314 g/mol. The molecule has 0 bridgehead atoms. The number of hydrogen-bond acceptors (Lipinski definition) is 2. The minimum Gasteiger partial charge on any atom is -0.273 e. The zero-order chi connectivity index (χ0) is 16.8. The van der Waals surface area contributed by atoms with Gasteiger partial charge in [0.25, 0.3) is 0 Å². The van der Waals surface area contributed by atoms with Crippen LogP contribution in [0.4, 0.5) is 0 Å². The number of hydrogen-bond donors (Lipinski definition) is 1. The van der Waals surface area contributed by atoms with Crippen molar-refractivity contribution >= 4 is 17.7 Å². The number of carbonyl (C=O) groups excluding carboxylic acids is 1. The number of allylic oxidation sites excluding steroid dienone is 1. The molecule has 3 nitrogen and oxygen atoms in total. The highest BCUT2D eigenvalue weighted by Crippen LogP contribution is 2.08. The maximum absolute atomic E-state index is 11.7. The molecule has 0 spiro atoms. The first-order valence-corrected chi connectivity index (χ1v) is 8.78. The largest absolute Gasteiger partial charge is 0.273 e. The molecule has 1 N–H and O–H groups in total. The summed E-state index contributed by atoms with van der Waals surface area (Å²) in [5, 5.41) is 4.11. The third kappa shape index (κ3) is 10.5. The van der Waals surface area contributed by atoms with Gasteiger partial charge in [0, 0.05) is 6.42 Å². The number of amides is 1. The van der Waals surface area contributed by atoms with Gasteiger partial charge in [-0.2, -0.15) is 5.10 Å². The van der Waals surface area contributed by atoms with E-state index in [4.69, 9.17) is 0 Å². The third-order valence-electron chi connectivity index (χ3n) is 3.68. The Balaban J connectivity index is 2.15. The van der Waals surface area contributed by atoms with Gasteiger partial charge in [-0.25, -0.2) is 5.43 Å². The fourth-order valence-electron chi connectivity index (χ4n) is 2.27. The molecule has 1 rings (SSSR count). The van der Waals surface area contributed by atoms with E-state index in [-0.39, 0.29) is 5.91 Å². The lowest BCUT2D eigenvalue weighted by Crippen LogP contribution is -2.18. The van der Waals surface area contributed by atoms with Crippen molar-refractivity contribution in [2.75, 3.05) is 0 Å². The van der Waals surface area contributed by atoms with Gasteiger partial charge in [-0.05, 0) is 25.0 Å². The molecule has 1 amide bonds. The Morgan fingerprint density at radius 1 is 1.04 bits per heavy atom. The maximum atomic E-state index is 11.7.